The molecule has 25 heteroatoms. The number of aliphatic hydroxyl groups excluding tert-OH is 2. The van der Waals surface area contributed by atoms with E-state index in [4.69, 9.17) is 0 Å². The fourth-order valence-corrected chi connectivity index (χ4v) is 11.3. The molecule has 6 N–H and O–H groups in total. The van der Waals surface area contributed by atoms with Crippen molar-refractivity contribution >= 4 is 65.0 Å². The molecule has 0 radical (unpaired) electrons. The summed E-state index contributed by atoms with van der Waals surface area (Å²) < 4.78 is 0. The molecule has 0 aliphatic carbocycles. The highest BCUT2D eigenvalue weighted by atomic mass is 16.3. The van der Waals surface area contributed by atoms with Gasteiger partial charge in [-0.05, 0) is 102 Å². The Bertz CT molecular complexity index is 2460. The van der Waals surface area contributed by atoms with E-state index in [1.165, 1.54) is 98.8 Å². The Morgan fingerprint density at radius 2 is 0.831 bits per heavy atom. The van der Waals surface area contributed by atoms with Crippen molar-refractivity contribution in [1.29, 1.82) is 0 Å². The molecular weight excluding hydrogens is 1150 g/mol. The van der Waals surface area contributed by atoms with E-state index in [9.17, 15) is 48.9 Å². The van der Waals surface area contributed by atoms with E-state index in [0.29, 0.717) is 0 Å². The molecule has 1 fully saturated rings. The summed E-state index contributed by atoms with van der Waals surface area (Å²) in [6, 6.07) is -15.0. The zero-order valence-corrected chi connectivity index (χ0v) is 58.4. The van der Waals surface area contributed by atoms with Crippen molar-refractivity contribution < 1.29 is 68.1 Å². The molecule has 1 heterocycles. The number of allylic oxidation sites excluding steroid dienone is 2. The van der Waals surface area contributed by atoms with Gasteiger partial charge in [-0.1, -0.05) is 95.2 Å². The molecule has 0 bridgehead atoms. The fourth-order valence-electron chi connectivity index (χ4n) is 11.3. The van der Waals surface area contributed by atoms with Crippen LogP contribution in [0.15, 0.2) is 12.2 Å². The maximum absolute atomic E-state index is 15.3. The molecule has 89 heavy (non-hydrogen) atoms. The molecule has 1 rings (SSSR count). The second kappa shape index (κ2) is 35.4. The quantitative estimate of drug-likeness (QED) is 0.121. The zero-order valence-electron chi connectivity index (χ0n) is 58.4. The second-order valence-electron chi connectivity index (χ2n) is 27.3. The molecule has 11 amide bonds. The van der Waals surface area contributed by atoms with Crippen LogP contribution in [0.25, 0.3) is 0 Å². The lowest BCUT2D eigenvalue weighted by molar-refractivity contribution is -0.161. The van der Waals surface area contributed by atoms with Gasteiger partial charge in [0.25, 0.3) is 0 Å². The first kappa shape index (κ1) is 80.8. The van der Waals surface area contributed by atoms with Gasteiger partial charge in [0.05, 0.1) is 18.3 Å². The molecule has 13 atom stereocenters. The maximum atomic E-state index is 15.3. The van der Waals surface area contributed by atoms with Crippen LogP contribution in [0.2, 0.25) is 0 Å². The Balaban J connectivity index is 4.50. The summed E-state index contributed by atoms with van der Waals surface area (Å²) >= 11 is 0. The summed E-state index contributed by atoms with van der Waals surface area (Å²) in [5.41, 5.74) is -1.63. The number of hydrogen-bond donors (Lipinski definition) is 6. The van der Waals surface area contributed by atoms with Crippen molar-refractivity contribution in [3.05, 3.63) is 12.2 Å². The summed E-state index contributed by atoms with van der Waals surface area (Å²) in [7, 11) is 10.8. The van der Waals surface area contributed by atoms with Crippen LogP contribution < -0.4 is 16.0 Å². The average Bonchev–Trinajstić information content (AvgIpc) is 3.59. The molecule has 1 unspecified atom stereocenters. The first-order valence-corrected chi connectivity index (χ1v) is 31.6. The van der Waals surface area contributed by atoms with Crippen LogP contribution in [0, 0.1) is 35.5 Å². The largest absolute Gasteiger partial charge is 0.394 e. The van der Waals surface area contributed by atoms with Crippen LogP contribution in [0.3, 0.4) is 0 Å². The second-order valence-corrected chi connectivity index (χ2v) is 27.3. The Hall–Kier alpha value is -6.21. The monoisotopic (exact) mass is 1260 g/mol. The van der Waals surface area contributed by atoms with Gasteiger partial charge < -0.3 is 70.5 Å². The number of carbonyl (C=O) groups is 11. The first-order valence-electron chi connectivity index (χ1n) is 31.6. The highest BCUT2D eigenvalue weighted by Gasteiger charge is 2.48. The predicted octanol–water partition coefficient (Wildman–Crippen LogP) is 2.09. The molecule has 25 nitrogen and oxygen atoms in total. The van der Waals surface area contributed by atoms with Gasteiger partial charge >= 0.3 is 0 Å². The molecule has 0 saturated carbocycles. The van der Waals surface area contributed by atoms with Crippen molar-refractivity contribution in [2.24, 2.45) is 35.5 Å². The van der Waals surface area contributed by atoms with E-state index in [2.05, 4.69) is 16.0 Å². The van der Waals surface area contributed by atoms with E-state index in [-0.39, 0.29) is 49.9 Å². The Morgan fingerprint density at radius 3 is 1.27 bits per heavy atom. The van der Waals surface area contributed by atoms with Crippen molar-refractivity contribution in [3.8, 4) is 0 Å². The number of aliphatic hydroxyl groups is 3. The van der Waals surface area contributed by atoms with E-state index in [1.54, 1.807) is 60.6 Å². The first-order chi connectivity index (χ1) is 40.9. The lowest BCUT2D eigenvalue weighted by Gasteiger charge is -2.43. The van der Waals surface area contributed by atoms with Gasteiger partial charge in [0, 0.05) is 62.8 Å². The van der Waals surface area contributed by atoms with Gasteiger partial charge in [-0.3, -0.25) is 52.7 Å². The number of carbonyl (C=O) groups excluding carboxylic acids is 11. The van der Waals surface area contributed by atoms with Gasteiger partial charge in [-0.2, -0.15) is 0 Å². The van der Waals surface area contributed by atoms with E-state index >= 15 is 19.2 Å². The van der Waals surface area contributed by atoms with Crippen molar-refractivity contribution in [1.82, 2.24) is 55.1 Å². The molecule has 510 valence electrons. The molecule has 0 aromatic rings. The molecule has 1 saturated heterocycles. The topological polar surface area (TPSA) is 310 Å². The molecule has 0 aromatic carbocycles. The minimum absolute atomic E-state index is 0.0744. The van der Waals surface area contributed by atoms with Gasteiger partial charge in [0.15, 0.2) is 0 Å². The maximum Gasteiger partial charge on any atom is 0.248 e. The van der Waals surface area contributed by atoms with Gasteiger partial charge in [-0.25, -0.2) is 0 Å². The molecule has 0 aromatic heterocycles. The van der Waals surface area contributed by atoms with Crippen LogP contribution in [0.5, 0.6) is 0 Å². The third-order valence-electron chi connectivity index (χ3n) is 17.0. The van der Waals surface area contributed by atoms with Crippen molar-refractivity contribution in [2.45, 2.75) is 234 Å². The van der Waals surface area contributed by atoms with Crippen LogP contribution in [0.4, 0.5) is 0 Å². The summed E-state index contributed by atoms with van der Waals surface area (Å²) in [6.07, 6.45) is 2.12. The van der Waals surface area contributed by atoms with Crippen molar-refractivity contribution in [3.63, 3.8) is 0 Å². The van der Waals surface area contributed by atoms with E-state index in [1.807, 2.05) is 41.5 Å². The highest BCUT2D eigenvalue weighted by molar-refractivity contribution is 6.00. The minimum Gasteiger partial charge on any atom is -0.394 e. The number of amides is 11. The number of nitrogens with zero attached hydrogens (tertiary/aromatic N) is 8. The molecule has 1 aliphatic heterocycles. The third kappa shape index (κ3) is 21.7. The summed E-state index contributed by atoms with van der Waals surface area (Å²) in [6.45, 7) is 27.5. The lowest BCUT2D eigenvalue weighted by Crippen LogP contribution is -2.64. The predicted molar refractivity (Wildman–Crippen MR) is 341 cm³/mol. The summed E-state index contributed by atoms with van der Waals surface area (Å²) in [4.78, 5) is 171. The van der Waals surface area contributed by atoms with E-state index in [0.717, 1.165) is 24.5 Å². The molecule has 1 aliphatic rings. The molecular formula is C64H115N11O14. The standard InChI is InChI=1S/C64H115N11O14/c1-26-28-29-40(13)52(77)51-63(88)68(18)43(27-2)57(82)73(23)48(34-76)60(85)72(22)47(33-64(16,17)89)55(80)67-49(38(9)10)61(86)69(19)44(30-35(3)4)54(79)65-41(14)53(78)66-42(15)56(81)70(20)45(31-36(5)6)58(83)71(21)46(32-37(7)8)59(84)74(24)50(39(11)12)62(87)75(51)25/h26,28,35-52,76-77,89H,27,29-34H2,1-25H3,(H,65,79)(H,66,78)(H,67,80)/b28-26+/t40-,41+,42-,43+,44+,45+,46+,47+,48?,49+,50+,51+,52-/m1/s1. The summed E-state index contributed by atoms with van der Waals surface area (Å²) in [5, 5.41) is 42.5. The van der Waals surface area contributed by atoms with Gasteiger partial charge in [0.1, 0.15) is 66.5 Å². The number of rotatable bonds is 16. The number of hydrogen-bond acceptors (Lipinski definition) is 14. The fraction of sp³-hybridized carbons (Fsp3) is 0.797. The van der Waals surface area contributed by atoms with Crippen LogP contribution in [-0.2, 0) is 52.7 Å². The van der Waals surface area contributed by atoms with Crippen molar-refractivity contribution in [2.75, 3.05) is 63.0 Å². The average molecular weight is 1260 g/mol. The minimum atomic E-state index is -1.69. The van der Waals surface area contributed by atoms with Crippen LogP contribution >= 0.6 is 0 Å². The normalized spacial score (nSPS) is 27.3. The molecule has 0 spiro atoms. The number of nitrogens with one attached hydrogen (secondary N) is 3. The lowest BCUT2D eigenvalue weighted by atomic mass is 9.91. The number of likely N-dealkylation sites (N-methyl/N-ethyl adjacent to an activating group) is 8. The van der Waals surface area contributed by atoms with Gasteiger partial charge in [0.2, 0.25) is 65.0 Å². The zero-order chi connectivity index (χ0) is 69.3. The highest BCUT2D eigenvalue weighted by Crippen LogP contribution is 2.27. The van der Waals surface area contributed by atoms with Crippen LogP contribution in [0.1, 0.15) is 156 Å². The van der Waals surface area contributed by atoms with E-state index < -0.39 is 174 Å². The van der Waals surface area contributed by atoms with Gasteiger partial charge in [-0.15, -0.1) is 0 Å². The smallest absolute Gasteiger partial charge is 0.248 e. The third-order valence-corrected chi connectivity index (χ3v) is 17.0. The summed E-state index contributed by atoms with van der Waals surface area (Å²) in [5.74, 6) is -10.9. The Kier molecular flexibility index (Phi) is 32.1. The Morgan fingerprint density at radius 1 is 0.461 bits per heavy atom. The SMILES string of the molecule is C/C=C/C[C@@H](C)[C@@H](O)[C@H]1C(=O)N(C)[C@@H](CC)C(=O)N(C)C(CO)C(=O)N(C)[C@@H](CC(C)(C)O)C(=O)N[C@@H](C(C)C)C(=O)N(C)[C@@H](CC(C)C)C(=O)N[C@@H](C)C(=O)N[C@H](C)C(=O)N(C)[C@@H](CC(C)C)C(=O)N(C)[C@@H](CC(C)C)C(=O)N(C)[C@@H](C(C)C)C(=O)N1C. The Labute approximate surface area is 531 Å². The van der Waals surface area contributed by atoms with Crippen LogP contribution in [-0.4, -0.2) is 261 Å².